The topological polar surface area (TPSA) is 74.3 Å². The number of aromatic nitrogens is 1. The molecule has 0 radical (unpaired) electrons. The first kappa shape index (κ1) is 21.7. The van der Waals surface area contributed by atoms with Crippen LogP contribution in [-0.2, 0) is 10.0 Å². The van der Waals surface area contributed by atoms with Gasteiger partial charge in [-0.15, -0.1) is 11.3 Å². The molecule has 30 heavy (non-hydrogen) atoms. The zero-order valence-corrected chi connectivity index (χ0v) is 18.5. The van der Waals surface area contributed by atoms with Gasteiger partial charge in [0.15, 0.2) is 5.13 Å². The molecule has 11 heteroatoms. The Hall–Kier alpha value is -1.49. The maximum atomic E-state index is 14.8. The molecule has 2 aromatic rings. The van der Waals surface area contributed by atoms with Gasteiger partial charge in [-0.2, -0.15) is 0 Å². The van der Waals surface area contributed by atoms with Crippen molar-refractivity contribution in [3.8, 4) is 0 Å². The number of alkyl halides is 1. The van der Waals surface area contributed by atoms with Crippen LogP contribution in [0.1, 0.15) is 32.1 Å². The summed E-state index contributed by atoms with van der Waals surface area (Å²) in [5.41, 5.74) is 0.343. The van der Waals surface area contributed by atoms with Crippen molar-refractivity contribution < 1.29 is 17.2 Å². The second kappa shape index (κ2) is 8.94. The van der Waals surface area contributed by atoms with Crippen LogP contribution in [0.2, 0.25) is 5.02 Å². The molecule has 0 amide bonds. The number of benzene rings is 1. The van der Waals surface area contributed by atoms with E-state index < -0.39 is 26.9 Å². The van der Waals surface area contributed by atoms with Gasteiger partial charge in [-0.1, -0.05) is 24.4 Å². The zero-order valence-electron chi connectivity index (χ0n) is 16.2. The van der Waals surface area contributed by atoms with Crippen LogP contribution >= 0.6 is 22.9 Å². The predicted molar refractivity (Wildman–Crippen MR) is 115 cm³/mol. The smallest absolute Gasteiger partial charge is 0.266 e. The Bertz CT molecular complexity index is 991. The molecular formula is C19H23ClF2N4O2S2. The monoisotopic (exact) mass is 476 g/mol. The molecule has 1 aliphatic carbocycles. The average molecular weight is 477 g/mol. The molecule has 3 atom stereocenters. The average Bonchev–Trinajstić information content (AvgIpc) is 3.36. The van der Waals surface area contributed by atoms with E-state index in [2.05, 4.69) is 19.9 Å². The molecule has 1 aromatic heterocycles. The number of likely N-dealkylation sites (tertiary alicyclic amines) is 1. The van der Waals surface area contributed by atoms with Crippen molar-refractivity contribution in [1.29, 1.82) is 0 Å². The SMILES string of the molecule is O=S(=O)(Nc1nccs1)c1cc(Cl)c(N[C@H]2CCCC[C@@H]2N2CCC(F)C2)cc1F. The lowest BCUT2D eigenvalue weighted by Crippen LogP contribution is -2.48. The third kappa shape index (κ3) is 4.71. The lowest BCUT2D eigenvalue weighted by atomic mass is 9.89. The number of anilines is 2. The molecule has 2 fully saturated rings. The van der Waals surface area contributed by atoms with Crippen molar-refractivity contribution in [2.45, 2.75) is 55.3 Å². The Morgan fingerprint density at radius 3 is 2.73 bits per heavy atom. The van der Waals surface area contributed by atoms with Gasteiger partial charge >= 0.3 is 0 Å². The summed E-state index contributed by atoms with van der Waals surface area (Å²) in [5, 5.41) is 5.17. The second-order valence-corrected chi connectivity index (χ2v) is 10.6. The number of sulfonamides is 1. The van der Waals surface area contributed by atoms with Crippen LogP contribution in [-0.4, -0.2) is 49.6 Å². The van der Waals surface area contributed by atoms with Gasteiger partial charge in [-0.3, -0.25) is 9.62 Å². The van der Waals surface area contributed by atoms with Gasteiger partial charge < -0.3 is 5.32 Å². The zero-order chi connectivity index (χ0) is 21.3. The maximum Gasteiger partial charge on any atom is 0.266 e. The number of nitrogens with zero attached hydrogens (tertiary/aromatic N) is 2. The fraction of sp³-hybridized carbons (Fsp3) is 0.526. The molecule has 0 bridgehead atoms. The number of hydrogen-bond acceptors (Lipinski definition) is 6. The minimum absolute atomic E-state index is 0.00292. The van der Waals surface area contributed by atoms with Crippen LogP contribution in [0.25, 0.3) is 0 Å². The molecule has 1 aliphatic heterocycles. The molecule has 1 unspecified atom stereocenters. The van der Waals surface area contributed by atoms with E-state index in [0.29, 0.717) is 25.2 Å². The van der Waals surface area contributed by atoms with Crippen LogP contribution in [0.4, 0.5) is 19.6 Å². The third-order valence-electron chi connectivity index (χ3n) is 5.67. The van der Waals surface area contributed by atoms with Gasteiger partial charge in [-0.05, 0) is 31.4 Å². The highest BCUT2D eigenvalue weighted by Gasteiger charge is 2.35. The molecule has 1 saturated carbocycles. The van der Waals surface area contributed by atoms with Crippen LogP contribution in [0.3, 0.4) is 0 Å². The Balaban J connectivity index is 1.54. The molecule has 6 nitrogen and oxygen atoms in total. The minimum Gasteiger partial charge on any atom is -0.379 e. The second-order valence-electron chi connectivity index (χ2n) is 7.69. The van der Waals surface area contributed by atoms with Crippen LogP contribution < -0.4 is 10.0 Å². The highest BCUT2D eigenvalue weighted by molar-refractivity contribution is 7.93. The molecule has 2 heterocycles. The van der Waals surface area contributed by atoms with E-state index >= 15 is 0 Å². The number of thiazole rings is 1. The molecular weight excluding hydrogens is 454 g/mol. The van der Waals surface area contributed by atoms with E-state index in [1.165, 1.54) is 6.20 Å². The standard InChI is InChI=1S/C19H23ClF2N4O2S2/c20-13-9-18(30(27,28)25-19-23-6-8-29-19)14(22)10-16(13)24-15-3-1-2-4-17(15)26-7-5-12(21)11-26/h6,8-10,12,15,17,24H,1-5,7,11H2,(H,23,25)/t12?,15-,17-/m0/s1. The van der Waals surface area contributed by atoms with Gasteiger partial charge in [0.2, 0.25) is 0 Å². The molecule has 1 saturated heterocycles. The van der Waals surface area contributed by atoms with Crippen molar-refractivity contribution in [2.75, 3.05) is 23.1 Å². The highest BCUT2D eigenvalue weighted by atomic mass is 35.5. The van der Waals surface area contributed by atoms with Crippen LogP contribution in [0, 0.1) is 5.82 Å². The summed E-state index contributed by atoms with van der Waals surface area (Å²) < 4.78 is 55.8. The van der Waals surface area contributed by atoms with E-state index in [0.717, 1.165) is 49.2 Å². The summed E-state index contributed by atoms with van der Waals surface area (Å²) >= 11 is 7.42. The fourth-order valence-corrected chi connectivity index (χ4v) is 6.41. The van der Waals surface area contributed by atoms with Crippen molar-refractivity contribution in [1.82, 2.24) is 9.88 Å². The first-order valence-corrected chi connectivity index (χ1v) is 12.6. The number of rotatable bonds is 6. The number of hydrogen-bond donors (Lipinski definition) is 2. The van der Waals surface area contributed by atoms with Gasteiger partial charge in [-0.25, -0.2) is 22.2 Å². The Morgan fingerprint density at radius 2 is 2.03 bits per heavy atom. The molecule has 4 rings (SSSR count). The lowest BCUT2D eigenvalue weighted by Gasteiger charge is -2.39. The van der Waals surface area contributed by atoms with Gasteiger partial charge in [0, 0.05) is 36.8 Å². The molecule has 0 spiro atoms. The summed E-state index contributed by atoms with van der Waals surface area (Å²) in [6, 6.07) is 2.37. The first-order valence-electron chi connectivity index (χ1n) is 9.89. The maximum absolute atomic E-state index is 14.8. The summed E-state index contributed by atoms with van der Waals surface area (Å²) in [6.07, 6.45) is 5.07. The van der Waals surface area contributed by atoms with Gasteiger partial charge in [0.1, 0.15) is 16.9 Å². The molecule has 1 aromatic carbocycles. The normalized spacial score (nSPS) is 25.4. The molecule has 164 valence electrons. The van der Waals surface area contributed by atoms with Gasteiger partial charge in [0.05, 0.1) is 10.7 Å². The van der Waals surface area contributed by atoms with Crippen molar-refractivity contribution in [2.24, 2.45) is 0 Å². The minimum atomic E-state index is -4.16. The summed E-state index contributed by atoms with van der Waals surface area (Å²) in [6.45, 7) is 1.14. The van der Waals surface area contributed by atoms with Crippen LogP contribution in [0.5, 0.6) is 0 Å². The molecule has 2 N–H and O–H groups in total. The largest absolute Gasteiger partial charge is 0.379 e. The summed E-state index contributed by atoms with van der Waals surface area (Å²) in [4.78, 5) is 5.48. The van der Waals surface area contributed by atoms with E-state index in [9.17, 15) is 17.2 Å². The lowest BCUT2D eigenvalue weighted by molar-refractivity contribution is 0.165. The Labute approximate surface area is 183 Å². The summed E-state index contributed by atoms with van der Waals surface area (Å²) in [7, 11) is -4.16. The summed E-state index contributed by atoms with van der Waals surface area (Å²) in [5.74, 6) is -0.900. The quantitative estimate of drug-likeness (QED) is 0.642. The fourth-order valence-electron chi connectivity index (χ4n) is 4.25. The van der Waals surface area contributed by atoms with Crippen LogP contribution in [0.15, 0.2) is 28.6 Å². The third-order valence-corrected chi connectivity index (χ3v) is 8.15. The van der Waals surface area contributed by atoms with E-state index in [1.54, 1.807) is 5.38 Å². The molecule has 2 aliphatic rings. The number of halogens is 3. The Morgan fingerprint density at radius 1 is 1.23 bits per heavy atom. The van der Waals surface area contributed by atoms with E-state index in [4.69, 9.17) is 11.6 Å². The van der Waals surface area contributed by atoms with Gasteiger partial charge in [0.25, 0.3) is 10.0 Å². The van der Waals surface area contributed by atoms with E-state index in [1.807, 2.05) is 0 Å². The number of nitrogens with one attached hydrogen (secondary N) is 2. The van der Waals surface area contributed by atoms with Crippen molar-refractivity contribution in [3.05, 3.63) is 34.5 Å². The first-order chi connectivity index (χ1) is 14.3. The highest BCUT2D eigenvalue weighted by Crippen LogP contribution is 2.34. The van der Waals surface area contributed by atoms with Crippen molar-refractivity contribution >= 4 is 43.8 Å². The Kier molecular flexibility index (Phi) is 6.47. The predicted octanol–water partition coefficient (Wildman–Crippen LogP) is 4.50. The van der Waals surface area contributed by atoms with E-state index in [-0.39, 0.29) is 22.2 Å². The van der Waals surface area contributed by atoms with Crippen molar-refractivity contribution in [3.63, 3.8) is 0 Å².